The summed E-state index contributed by atoms with van der Waals surface area (Å²) in [5.41, 5.74) is 0.892. The number of carbonyl (C=O) groups is 1. The smallest absolute Gasteiger partial charge is 0.358 e. The van der Waals surface area contributed by atoms with Gasteiger partial charge >= 0.3 is 5.97 Å². The average Bonchev–Trinajstić information content (AvgIpc) is 2.92. The summed E-state index contributed by atoms with van der Waals surface area (Å²) in [6.45, 7) is 5.92. The summed E-state index contributed by atoms with van der Waals surface area (Å²) in [5, 5.41) is 4.74. The highest BCUT2D eigenvalue weighted by Gasteiger charge is 2.20. The van der Waals surface area contributed by atoms with Gasteiger partial charge in [0, 0.05) is 5.69 Å². The van der Waals surface area contributed by atoms with Crippen LogP contribution in [0.25, 0.3) is 5.69 Å². The van der Waals surface area contributed by atoms with Crippen LogP contribution in [0.2, 0.25) is 0 Å². The number of aromatic nitrogens is 4. The standard InChI is InChI=1S/C14H18N4O3S/c1-5-21-13(20)9-6-10(8(2)3)18(17-9)11-7-15-14(22-4)16-12(11)19/h6-8H,5H2,1-4H3,(H,15,16,19). The summed E-state index contributed by atoms with van der Waals surface area (Å²) in [4.78, 5) is 30.9. The molecule has 22 heavy (non-hydrogen) atoms. The Morgan fingerprint density at radius 2 is 2.23 bits per heavy atom. The predicted molar refractivity (Wildman–Crippen MR) is 83.8 cm³/mol. The van der Waals surface area contributed by atoms with Gasteiger partial charge in [-0.15, -0.1) is 0 Å². The summed E-state index contributed by atoms with van der Waals surface area (Å²) >= 11 is 1.34. The van der Waals surface area contributed by atoms with Gasteiger partial charge in [-0.05, 0) is 25.2 Å². The lowest BCUT2D eigenvalue weighted by atomic mass is 10.1. The van der Waals surface area contributed by atoms with E-state index in [0.717, 1.165) is 5.69 Å². The molecule has 2 heterocycles. The number of hydrogen-bond donors (Lipinski definition) is 1. The van der Waals surface area contributed by atoms with Crippen molar-refractivity contribution in [1.29, 1.82) is 0 Å². The third-order valence-electron chi connectivity index (χ3n) is 2.99. The van der Waals surface area contributed by atoms with Gasteiger partial charge in [0.1, 0.15) is 5.69 Å². The number of H-pyrrole nitrogens is 1. The molecule has 0 fully saturated rings. The van der Waals surface area contributed by atoms with Gasteiger partial charge in [-0.25, -0.2) is 14.5 Å². The van der Waals surface area contributed by atoms with Gasteiger partial charge in [0.25, 0.3) is 5.56 Å². The van der Waals surface area contributed by atoms with Crippen LogP contribution in [0.1, 0.15) is 42.9 Å². The minimum atomic E-state index is -0.506. The SMILES string of the molecule is CCOC(=O)c1cc(C(C)C)n(-c2cnc(SC)[nH]c2=O)n1. The topological polar surface area (TPSA) is 89.9 Å². The highest BCUT2D eigenvalue weighted by molar-refractivity contribution is 7.98. The first-order chi connectivity index (χ1) is 10.5. The molecule has 0 amide bonds. The molecule has 0 saturated heterocycles. The number of thioether (sulfide) groups is 1. The second-order valence-corrected chi connectivity index (χ2v) is 5.64. The van der Waals surface area contributed by atoms with Crippen molar-refractivity contribution in [1.82, 2.24) is 19.7 Å². The highest BCUT2D eigenvalue weighted by Crippen LogP contribution is 2.19. The third kappa shape index (κ3) is 3.22. The van der Waals surface area contributed by atoms with Crippen molar-refractivity contribution >= 4 is 17.7 Å². The van der Waals surface area contributed by atoms with E-state index >= 15 is 0 Å². The number of esters is 1. The van der Waals surface area contributed by atoms with Crippen LogP contribution >= 0.6 is 11.8 Å². The number of aromatic amines is 1. The second-order valence-electron chi connectivity index (χ2n) is 4.85. The molecular weight excluding hydrogens is 304 g/mol. The molecule has 0 atom stereocenters. The maximum absolute atomic E-state index is 12.2. The van der Waals surface area contributed by atoms with Gasteiger partial charge in [-0.1, -0.05) is 25.6 Å². The minimum Gasteiger partial charge on any atom is -0.461 e. The van der Waals surface area contributed by atoms with Crippen LogP contribution in [0, 0.1) is 0 Å². The molecule has 118 valence electrons. The average molecular weight is 322 g/mol. The Labute approximate surface area is 132 Å². The van der Waals surface area contributed by atoms with Crippen LogP contribution < -0.4 is 5.56 Å². The lowest BCUT2D eigenvalue weighted by Crippen LogP contribution is -2.19. The second kappa shape index (κ2) is 6.78. The summed E-state index contributed by atoms with van der Waals surface area (Å²) in [6.07, 6.45) is 3.28. The van der Waals surface area contributed by atoms with Gasteiger partial charge in [0.15, 0.2) is 10.9 Å². The van der Waals surface area contributed by atoms with E-state index < -0.39 is 5.97 Å². The Bertz CT molecular complexity index is 736. The molecule has 0 radical (unpaired) electrons. The molecule has 0 spiro atoms. The van der Waals surface area contributed by atoms with E-state index in [-0.39, 0.29) is 29.5 Å². The molecular formula is C14H18N4O3S. The molecule has 0 aromatic carbocycles. The van der Waals surface area contributed by atoms with Crippen molar-refractivity contribution in [3.8, 4) is 5.69 Å². The fourth-order valence-corrected chi connectivity index (χ4v) is 2.28. The molecule has 2 rings (SSSR count). The summed E-state index contributed by atoms with van der Waals surface area (Å²) < 4.78 is 6.41. The number of hydrogen-bond acceptors (Lipinski definition) is 6. The number of carbonyl (C=O) groups excluding carboxylic acids is 1. The summed E-state index contributed by atoms with van der Waals surface area (Å²) in [7, 11) is 0. The monoisotopic (exact) mass is 322 g/mol. The van der Waals surface area contributed by atoms with Crippen LogP contribution in [0.4, 0.5) is 0 Å². The Kier molecular flexibility index (Phi) is 5.02. The van der Waals surface area contributed by atoms with Gasteiger partial charge < -0.3 is 4.74 Å². The molecule has 0 aliphatic rings. The van der Waals surface area contributed by atoms with Crippen LogP contribution in [0.15, 0.2) is 22.2 Å². The molecule has 1 N–H and O–H groups in total. The Hall–Kier alpha value is -2.09. The molecule has 0 aliphatic carbocycles. The number of nitrogens with zero attached hydrogens (tertiary/aromatic N) is 3. The van der Waals surface area contributed by atoms with Crippen LogP contribution in [0.3, 0.4) is 0 Å². The summed E-state index contributed by atoms with van der Waals surface area (Å²) in [5.74, 6) is -0.427. The first-order valence-electron chi connectivity index (χ1n) is 6.88. The van der Waals surface area contributed by atoms with E-state index in [1.54, 1.807) is 13.0 Å². The Balaban J connectivity index is 2.54. The lowest BCUT2D eigenvalue weighted by Gasteiger charge is -2.08. The Morgan fingerprint density at radius 1 is 1.50 bits per heavy atom. The van der Waals surface area contributed by atoms with Gasteiger partial charge in [-0.2, -0.15) is 5.10 Å². The first kappa shape index (κ1) is 16.3. The van der Waals surface area contributed by atoms with Gasteiger partial charge in [0.2, 0.25) is 0 Å². The normalized spacial score (nSPS) is 11.0. The summed E-state index contributed by atoms with van der Waals surface area (Å²) in [6, 6.07) is 1.64. The van der Waals surface area contributed by atoms with Gasteiger partial charge in [0.05, 0.1) is 12.8 Å². The quantitative estimate of drug-likeness (QED) is 0.514. The molecule has 2 aromatic heterocycles. The van der Waals surface area contributed by atoms with E-state index in [1.807, 2.05) is 20.1 Å². The van der Waals surface area contributed by atoms with Crippen molar-refractivity contribution in [2.45, 2.75) is 31.8 Å². The number of rotatable bonds is 5. The van der Waals surface area contributed by atoms with Crippen molar-refractivity contribution in [2.75, 3.05) is 12.9 Å². The third-order valence-corrected chi connectivity index (χ3v) is 3.59. The van der Waals surface area contributed by atoms with Crippen molar-refractivity contribution in [2.24, 2.45) is 0 Å². The highest BCUT2D eigenvalue weighted by atomic mass is 32.2. The molecule has 2 aromatic rings. The van der Waals surface area contributed by atoms with Crippen LogP contribution in [0.5, 0.6) is 0 Å². The predicted octanol–water partition coefficient (Wildman–Crippen LogP) is 1.98. The largest absolute Gasteiger partial charge is 0.461 e. The Morgan fingerprint density at radius 3 is 2.77 bits per heavy atom. The van der Waals surface area contributed by atoms with Crippen LogP contribution in [-0.4, -0.2) is 38.6 Å². The molecule has 0 bridgehead atoms. The van der Waals surface area contributed by atoms with E-state index in [0.29, 0.717) is 5.16 Å². The fraction of sp³-hybridized carbons (Fsp3) is 0.429. The molecule has 0 unspecified atom stereocenters. The van der Waals surface area contributed by atoms with Crippen molar-refractivity contribution in [3.05, 3.63) is 34.0 Å². The van der Waals surface area contributed by atoms with Crippen LogP contribution in [-0.2, 0) is 4.74 Å². The van der Waals surface area contributed by atoms with Crippen molar-refractivity contribution in [3.63, 3.8) is 0 Å². The zero-order valence-corrected chi connectivity index (χ0v) is 13.7. The zero-order chi connectivity index (χ0) is 16.3. The van der Waals surface area contributed by atoms with Gasteiger partial charge in [-0.3, -0.25) is 9.78 Å². The zero-order valence-electron chi connectivity index (χ0n) is 12.9. The molecule has 7 nitrogen and oxygen atoms in total. The lowest BCUT2D eigenvalue weighted by molar-refractivity contribution is 0.0519. The van der Waals surface area contributed by atoms with E-state index in [4.69, 9.17) is 4.74 Å². The fourth-order valence-electron chi connectivity index (χ4n) is 1.93. The van der Waals surface area contributed by atoms with Crippen molar-refractivity contribution < 1.29 is 9.53 Å². The number of nitrogens with one attached hydrogen (secondary N) is 1. The maximum Gasteiger partial charge on any atom is 0.358 e. The first-order valence-corrected chi connectivity index (χ1v) is 8.11. The van der Waals surface area contributed by atoms with E-state index in [2.05, 4.69) is 15.1 Å². The molecule has 8 heteroatoms. The number of ether oxygens (including phenoxy) is 1. The molecule has 0 aliphatic heterocycles. The van der Waals surface area contributed by atoms with E-state index in [9.17, 15) is 9.59 Å². The minimum absolute atomic E-state index is 0.0790. The molecule has 0 saturated carbocycles. The van der Waals surface area contributed by atoms with E-state index in [1.165, 1.54) is 22.6 Å². The maximum atomic E-state index is 12.2.